The predicted octanol–water partition coefficient (Wildman–Crippen LogP) is 4.24. The van der Waals surface area contributed by atoms with E-state index in [4.69, 9.17) is 9.47 Å². The molecule has 2 N–H and O–H groups in total. The lowest BCUT2D eigenvalue weighted by atomic mass is 9.75. The van der Waals surface area contributed by atoms with Gasteiger partial charge in [0.1, 0.15) is 6.10 Å². The molecule has 1 heterocycles. The number of ketones is 1. The van der Waals surface area contributed by atoms with Crippen molar-refractivity contribution in [2.75, 3.05) is 7.11 Å². The Kier molecular flexibility index (Phi) is 5.84. The SMILES string of the molecule is COc1cc([C@H]2C(C(=O)OC3CCCCC3)=C(C)NC3=C2C(=O)CCC3)ccc1O. The first kappa shape index (κ1) is 20.5. The normalized spacial score (nSPS) is 22.5. The molecule has 4 rings (SSSR count). The van der Waals surface area contributed by atoms with Gasteiger partial charge in [0.15, 0.2) is 17.3 Å². The molecule has 1 aromatic rings. The number of esters is 1. The van der Waals surface area contributed by atoms with Crippen LogP contribution in [0.2, 0.25) is 0 Å². The maximum atomic E-state index is 13.3. The minimum Gasteiger partial charge on any atom is -0.504 e. The van der Waals surface area contributed by atoms with Crippen molar-refractivity contribution in [3.8, 4) is 11.5 Å². The van der Waals surface area contributed by atoms with Crippen LogP contribution < -0.4 is 10.1 Å². The molecule has 0 spiro atoms. The van der Waals surface area contributed by atoms with E-state index in [1.165, 1.54) is 13.5 Å². The van der Waals surface area contributed by atoms with E-state index in [9.17, 15) is 14.7 Å². The zero-order chi connectivity index (χ0) is 21.3. The van der Waals surface area contributed by atoms with Gasteiger partial charge in [-0.3, -0.25) is 4.79 Å². The van der Waals surface area contributed by atoms with Gasteiger partial charge in [-0.2, -0.15) is 0 Å². The molecule has 160 valence electrons. The van der Waals surface area contributed by atoms with Crippen LogP contribution in [0.4, 0.5) is 0 Å². The van der Waals surface area contributed by atoms with Crippen molar-refractivity contribution >= 4 is 11.8 Å². The third kappa shape index (κ3) is 3.83. The number of dihydropyridines is 1. The molecule has 2 aliphatic carbocycles. The Balaban J connectivity index is 1.76. The molecule has 6 nitrogen and oxygen atoms in total. The van der Waals surface area contributed by atoms with Crippen molar-refractivity contribution in [1.29, 1.82) is 0 Å². The van der Waals surface area contributed by atoms with Gasteiger partial charge < -0.3 is 19.9 Å². The van der Waals surface area contributed by atoms with Crippen molar-refractivity contribution in [2.24, 2.45) is 0 Å². The molecule has 1 aromatic carbocycles. The number of methoxy groups -OCH3 is 1. The zero-order valence-electron chi connectivity index (χ0n) is 17.6. The lowest BCUT2D eigenvalue weighted by Crippen LogP contribution is -2.35. The van der Waals surface area contributed by atoms with E-state index in [-0.39, 0.29) is 23.6 Å². The monoisotopic (exact) mass is 411 g/mol. The summed E-state index contributed by atoms with van der Waals surface area (Å²) >= 11 is 0. The summed E-state index contributed by atoms with van der Waals surface area (Å²) in [4.78, 5) is 26.3. The third-order valence-corrected chi connectivity index (χ3v) is 6.36. The van der Waals surface area contributed by atoms with Gasteiger partial charge in [-0.15, -0.1) is 0 Å². The summed E-state index contributed by atoms with van der Waals surface area (Å²) < 4.78 is 11.2. The standard InChI is InChI=1S/C24H29NO5/c1-14-21(24(28)30-16-7-4-3-5-8-16)22(15-11-12-18(26)20(13-15)29-2)23-17(25-14)9-6-10-19(23)27/h11-13,16,22,25-26H,3-10H2,1-2H3/t22-/m0/s1. The van der Waals surface area contributed by atoms with Crippen LogP contribution in [0.3, 0.4) is 0 Å². The highest BCUT2D eigenvalue weighted by Gasteiger charge is 2.40. The van der Waals surface area contributed by atoms with Crippen LogP contribution in [0.15, 0.2) is 40.7 Å². The average Bonchev–Trinajstić information content (AvgIpc) is 2.74. The van der Waals surface area contributed by atoms with Gasteiger partial charge in [0.25, 0.3) is 0 Å². The maximum absolute atomic E-state index is 13.3. The Morgan fingerprint density at radius 2 is 1.90 bits per heavy atom. The molecule has 1 saturated carbocycles. The number of carbonyl (C=O) groups excluding carboxylic acids is 2. The fourth-order valence-corrected chi connectivity index (χ4v) is 4.86. The molecule has 0 saturated heterocycles. The first-order valence-corrected chi connectivity index (χ1v) is 10.8. The summed E-state index contributed by atoms with van der Waals surface area (Å²) in [6.45, 7) is 1.87. The molecular formula is C24H29NO5. The van der Waals surface area contributed by atoms with Crippen LogP contribution in [0.1, 0.15) is 69.8 Å². The van der Waals surface area contributed by atoms with E-state index in [1.807, 2.05) is 6.92 Å². The number of rotatable bonds is 4. The van der Waals surface area contributed by atoms with Crippen molar-refractivity contribution in [1.82, 2.24) is 5.32 Å². The fraction of sp³-hybridized carbons (Fsp3) is 0.500. The third-order valence-electron chi connectivity index (χ3n) is 6.36. The first-order valence-electron chi connectivity index (χ1n) is 10.8. The van der Waals surface area contributed by atoms with Crippen LogP contribution in [-0.4, -0.2) is 30.1 Å². The second-order valence-corrected chi connectivity index (χ2v) is 8.36. The lowest BCUT2D eigenvalue weighted by Gasteiger charge is -2.35. The molecule has 0 amide bonds. The highest BCUT2D eigenvalue weighted by Crippen LogP contribution is 2.44. The molecule has 0 bridgehead atoms. The molecule has 0 unspecified atom stereocenters. The number of hydrogen-bond donors (Lipinski definition) is 2. The van der Waals surface area contributed by atoms with Crippen LogP contribution in [0.5, 0.6) is 11.5 Å². The summed E-state index contributed by atoms with van der Waals surface area (Å²) in [5.41, 5.74) is 3.46. The van der Waals surface area contributed by atoms with Crippen molar-refractivity contribution in [2.45, 2.75) is 70.3 Å². The number of nitrogens with one attached hydrogen (secondary N) is 1. The number of allylic oxidation sites excluding steroid dienone is 3. The molecular weight excluding hydrogens is 382 g/mol. The fourth-order valence-electron chi connectivity index (χ4n) is 4.86. The van der Waals surface area contributed by atoms with Gasteiger partial charge in [-0.1, -0.05) is 12.5 Å². The molecule has 30 heavy (non-hydrogen) atoms. The smallest absolute Gasteiger partial charge is 0.337 e. The van der Waals surface area contributed by atoms with Gasteiger partial charge in [-0.05, 0) is 63.1 Å². The maximum Gasteiger partial charge on any atom is 0.337 e. The van der Waals surface area contributed by atoms with E-state index in [0.717, 1.165) is 55.5 Å². The van der Waals surface area contributed by atoms with Gasteiger partial charge in [0, 0.05) is 29.3 Å². The van der Waals surface area contributed by atoms with E-state index >= 15 is 0 Å². The van der Waals surface area contributed by atoms with Gasteiger partial charge in [0.05, 0.1) is 12.7 Å². The topological polar surface area (TPSA) is 84.9 Å². The number of carbonyl (C=O) groups is 2. The summed E-state index contributed by atoms with van der Waals surface area (Å²) in [5, 5.41) is 13.4. The minimum absolute atomic E-state index is 0.0198. The van der Waals surface area contributed by atoms with E-state index in [0.29, 0.717) is 23.3 Å². The number of phenolic OH excluding ortho intramolecular Hbond substituents is 1. The highest BCUT2D eigenvalue weighted by molar-refractivity contribution is 6.03. The molecule has 0 radical (unpaired) electrons. The van der Waals surface area contributed by atoms with Gasteiger partial charge in [-0.25, -0.2) is 4.79 Å². The second kappa shape index (κ2) is 8.54. The molecule has 1 fully saturated rings. The number of aromatic hydroxyl groups is 1. The quantitative estimate of drug-likeness (QED) is 0.721. The van der Waals surface area contributed by atoms with Crippen LogP contribution in [0.25, 0.3) is 0 Å². The summed E-state index contributed by atoms with van der Waals surface area (Å²) in [6.07, 6.45) is 7.06. The summed E-state index contributed by atoms with van der Waals surface area (Å²) in [7, 11) is 1.48. The Bertz CT molecular complexity index is 924. The number of Topliss-reactive ketones (excluding diaryl/α,β-unsaturated/α-hetero) is 1. The van der Waals surface area contributed by atoms with Gasteiger partial charge in [0.2, 0.25) is 0 Å². The second-order valence-electron chi connectivity index (χ2n) is 8.36. The molecule has 6 heteroatoms. The Hall–Kier alpha value is -2.76. The van der Waals surface area contributed by atoms with E-state index in [2.05, 4.69) is 5.32 Å². The van der Waals surface area contributed by atoms with Crippen molar-refractivity contribution in [3.63, 3.8) is 0 Å². The Morgan fingerprint density at radius 1 is 1.13 bits per heavy atom. The largest absolute Gasteiger partial charge is 0.504 e. The summed E-state index contributed by atoms with van der Waals surface area (Å²) in [5.74, 6) is -0.509. The minimum atomic E-state index is -0.528. The first-order chi connectivity index (χ1) is 14.5. The number of ether oxygens (including phenoxy) is 2. The van der Waals surface area contributed by atoms with Crippen LogP contribution >= 0.6 is 0 Å². The van der Waals surface area contributed by atoms with Crippen molar-refractivity contribution in [3.05, 3.63) is 46.3 Å². The Labute approximate surface area is 176 Å². The van der Waals surface area contributed by atoms with Gasteiger partial charge >= 0.3 is 5.97 Å². The van der Waals surface area contributed by atoms with Crippen LogP contribution in [-0.2, 0) is 14.3 Å². The van der Waals surface area contributed by atoms with E-state index in [1.54, 1.807) is 18.2 Å². The zero-order valence-corrected chi connectivity index (χ0v) is 17.6. The number of phenols is 1. The highest BCUT2D eigenvalue weighted by atomic mass is 16.5. The summed E-state index contributed by atoms with van der Waals surface area (Å²) in [6, 6.07) is 5.00. The number of hydrogen-bond acceptors (Lipinski definition) is 6. The van der Waals surface area contributed by atoms with Crippen LogP contribution in [0, 0.1) is 0 Å². The lowest BCUT2D eigenvalue weighted by molar-refractivity contribution is -0.146. The molecule has 1 atom stereocenters. The average molecular weight is 411 g/mol. The molecule has 0 aromatic heterocycles. The molecule has 3 aliphatic rings. The van der Waals surface area contributed by atoms with E-state index < -0.39 is 5.92 Å². The van der Waals surface area contributed by atoms with Crippen molar-refractivity contribution < 1.29 is 24.2 Å². The predicted molar refractivity (Wildman–Crippen MR) is 112 cm³/mol. The Morgan fingerprint density at radius 3 is 2.63 bits per heavy atom. The number of benzene rings is 1. The molecule has 1 aliphatic heterocycles.